The molecule has 2 aromatic rings. The van der Waals surface area contributed by atoms with Gasteiger partial charge in [-0.05, 0) is 105 Å². The molecule has 2 aromatic carbocycles. The number of carbonyl (C=O) groups excluding carboxylic acids is 1. The van der Waals surface area contributed by atoms with Crippen molar-refractivity contribution in [3.8, 4) is 5.75 Å². The lowest BCUT2D eigenvalue weighted by atomic mass is 9.68. The van der Waals surface area contributed by atoms with Gasteiger partial charge in [-0.15, -0.1) is 4.36 Å². The number of ether oxygens (including phenoxy) is 1. The monoisotopic (exact) mass is 597 g/mol. The summed E-state index contributed by atoms with van der Waals surface area (Å²) in [7, 11) is -3.29. The third kappa shape index (κ3) is 5.44. The zero-order chi connectivity index (χ0) is 28.9. The number of benzene rings is 2. The molecule has 1 fully saturated rings. The number of halogens is 1. The van der Waals surface area contributed by atoms with Gasteiger partial charge in [-0.2, -0.15) is 0 Å². The van der Waals surface area contributed by atoms with E-state index in [0.29, 0.717) is 30.3 Å². The van der Waals surface area contributed by atoms with E-state index >= 15 is 0 Å². The van der Waals surface area contributed by atoms with Crippen LogP contribution in [-0.4, -0.2) is 46.3 Å². The molecule has 7 nitrogen and oxygen atoms in total. The Labute approximate surface area is 248 Å². The van der Waals surface area contributed by atoms with Gasteiger partial charge in [0.15, 0.2) is 0 Å². The molecular formula is C32H40ClN3O4S. The van der Waals surface area contributed by atoms with Crippen molar-refractivity contribution in [2.75, 3.05) is 24.6 Å². The minimum atomic E-state index is -3.29. The molecule has 2 aliphatic carbocycles. The third-order valence-corrected chi connectivity index (χ3v) is 12.3. The first kappa shape index (κ1) is 28.7. The van der Waals surface area contributed by atoms with Crippen LogP contribution in [0.25, 0.3) is 0 Å². The van der Waals surface area contributed by atoms with Crippen LogP contribution in [0.2, 0.25) is 5.02 Å². The number of fused-ring (bicyclic) bond motifs is 4. The predicted molar refractivity (Wildman–Crippen MR) is 164 cm³/mol. The van der Waals surface area contributed by atoms with Crippen molar-refractivity contribution >= 4 is 33.1 Å². The Balaban J connectivity index is 1.45. The quantitative estimate of drug-likeness (QED) is 0.381. The number of allylic oxidation sites excluding steroid dienone is 1. The van der Waals surface area contributed by atoms with Gasteiger partial charge >= 0.3 is 0 Å². The maximum absolute atomic E-state index is 13.4. The first-order valence-electron chi connectivity index (χ1n) is 14.8. The Morgan fingerprint density at radius 1 is 1.20 bits per heavy atom. The van der Waals surface area contributed by atoms with Crippen LogP contribution in [0.15, 0.2) is 52.9 Å². The minimum absolute atomic E-state index is 0.0713. The third-order valence-electron chi connectivity index (χ3n) is 10.1. The number of hydrogen-bond acceptors (Lipinski definition) is 5. The summed E-state index contributed by atoms with van der Waals surface area (Å²) in [4.78, 5) is 15.7. The van der Waals surface area contributed by atoms with Gasteiger partial charge in [-0.1, -0.05) is 36.7 Å². The lowest BCUT2D eigenvalue weighted by Crippen LogP contribution is -2.49. The summed E-state index contributed by atoms with van der Waals surface area (Å²) in [5.41, 5.74) is 3.49. The van der Waals surface area contributed by atoms with Gasteiger partial charge in [-0.25, -0.2) is 9.35 Å². The number of carbonyl (C=O) groups is 1. The van der Waals surface area contributed by atoms with E-state index in [0.717, 1.165) is 55.9 Å². The fraction of sp³-hybridized carbons (Fsp3) is 0.531. The molecule has 1 amide bonds. The van der Waals surface area contributed by atoms with Gasteiger partial charge in [0.2, 0.25) is 0 Å². The van der Waals surface area contributed by atoms with Crippen molar-refractivity contribution in [3.05, 3.63) is 70.3 Å². The largest absolute Gasteiger partial charge is 0.490 e. The molecule has 6 rings (SSSR count). The van der Waals surface area contributed by atoms with Crippen molar-refractivity contribution in [1.82, 2.24) is 0 Å². The second-order valence-electron chi connectivity index (χ2n) is 12.6. The van der Waals surface area contributed by atoms with E-state index in [1.54, 1.807) is 13.0 Å². The highest BCUT2D eigenvalue weighted by atomic mass is 35.5. The molecule has 3 N–H and O–H groups in total. The van der Waals surface area contributed by atoms with Crippen LogP contribution < -0.4 is 14.8 Å². The fourth-order valence-electron chi connectivity index (χ4n) is 7.17. The topological polar surface area (TPSA) is 105 Å². The number of amides is 1. The number of rotatable bonds is 0. The van der Waals surface area contributed by atoms with E-state index in [2.05, 4.69) is 21.4 Å². The van der Waals surface area contributed by atoms with E-state index in [4.69, 9.17) is 21.5 Å². The highest BCUT2D eigenvalue weighted by Gasteiger charge is 2.44. The lowest BCUT2D eigenvalue weighted by Gasteiger charge is -2.45. The van der Waals surface area contributed by atoms with Gasteiger partial charge in [0.1, 0.15) is 15.7 Å². The van der Waals surface area contributed by atoms with E-state index in [9.17, 15) is 14.1 Å². The number of nitrogens with zero attached hydrogens (tertiary/aromatic N) is 2. The molecule has 220 valence electrons. The number of anilines is 1. The maximum atomic E-state index is 13.4. The summed E-state index contributed by atoms with van der Waals surface area (Å²) in [6.07, 6.45) is 8.93. The predicted octanol–water partition coefficient (Wildman–Crippen LogP) is 5.67. The zero-order valence-corrected chi connectivity index (χ0v) is 25.4. The summed E-state index contributed by atoms with van der Waals surface area (Å²) in [6.45, 7) is 5.72. The molecule has 1 unspecified atom stereocenters. The van der Waals surface area contributed by atoms with Crippen LogP contribution in [0.4, 0.5) is 5.69 Å². The van der Waals surface area contributed by atoms with Gasteiger partial charge < -0.3 is 14.7 Å². The highest BCUT2D eigenvalue weighted by molar-refractivity contribution is 7.92. The second-order valence-corrected chi connectivity index (χ2v) is 15.2. The van der Waals surface area contributed by atoms with Crippen molar-refractivity contribution in [1.29, 1.82) is 0 Å². The summed E-state index contributed by atoms with van der Waals surface area (Å²) < 4.78 is 24.0. The van der Waals surface area contributed by atoms with Crippen molar-refractivity contribution < 1.29 is 18.8 Å². The number of hydrogen-bond donors (Lipinski definition) is 2. The summed E-state index contributed by atoms with van der Waals surface area (Å²) >= 11 is 6.39. The van der Waals surface area contributed by atoms with Crippen LogP contribution in [0.3, 0.4) is 0 Å². The van der Waals surface area contributed by atoms with Gasteiger partial charge in [0, 0.05) is 29.1 Å². The number of aliphatic hydroxyl groups excluding tert-OH is 1. The molecule has 0 saturated heterocycles. The van der Waals surface area contributed by atoms with E-state index in [-0.39, 0.29) is 17.3 Å². The molecule has 0 aromatic heterocycles. The minimum Gasteiger partial charge on any atom is -0.490 e. The van der Waals surface area contributed by atoms with Crippen LogP contribution in [0.1, 0.15) is 67.4 Å². The smallest absolute Gasteiger partial charge is 0.286 e. The molecule has 1 spiro atoms. The van der Waals surface area contributed by atoms with Crippen LogP contribution >= 0.6 is 11.6 Å². The molecule has 7 atom stereocenters. The van der Waals surface area contributed by atoms with Crippen molar-refractivity contribution in [2.24, 2.45) is 27.3 Å². The summed E-state index contributed by atoms with van der Waals surface area (Å²) in [5.74, 6) is 0.536. The molecule has 1 saturated carbocycles. The SMILES string of the molecule is C[C@@H]1[C@@H](C)C/C=C/[C@H](O)[C@@H]2CC[C@H]2CN2C[C@@]3(CCCc4cc(Cl)ccc43)COc3ccc(cc32)C(=O)N=S1(N)=O. The lowest BCUT2D eigenvalue weighted by molar-refractivity contribution is 0.0456. The molecular weight excluding hydrogens is 558 g/mol. The van der Waals surface area contributed by atoms with Gasteiger partial charge in [0.25, 0.3) is 5.91 Å². The van der Waals surface area contributed by atoms with E-state index < -0.39 is 27.2 Å². The normalized spacial score (nSPS) is 36.2. The zero-order valence-electron chi connectivity index (χ0n) is 23.8. The first-order valence-corrected chi connectivity index (χ1v) is 16.8. The van der Waals surface area contributed by atoms with Crippen LogP contribution in [0, 0.1) is 17.8 Å². The van der Waals surface area contributed by atoms with Crippen LogP contribution in [-0.2, 0) is 21.8 Å². The Bertz CT molecular complexity index is 1500. The second kappa shape index (κ2) is 11.0. The highest BCUT2D eigenvalue weighted by Crippen LogP contribution is 2.46. The molecule has 9 heteroatoms. The fourth-order valence-corrected chi connectivity index (χ4v) is 8.67. The summed E-state index contributed by atoms with van der Waals surface area (Å²) in [5, 5.41) is 17.6. The first-order chi connectivity index (χ1) is 19.6. The molecule has 2 aliphatic heterocycles. The molecule has 41 heavy (non-hydrogen) atoms. The van der Waals surface area contributed by atoms with E-state index in [1.165, 1.54) is 11.1 Å². The van der Waals surface area contributed by atoms with Crippen molar-refractivity contribution in [3.63, 3.8) is 0 Å². The number of aryl methyl sites for hydroxylation is 1. The average Bonchev–Trinajstić information content (AvgIpc) is 3.06. The van der Waals surface area contributed by atoms with Crippen LogP contribution in [0.5, 0.6) is 5.75 Å². The Morgan fingerprint density at radius 3 is 2.80 bits per heavy atom. The van der Waals surface area contributed by atoms with Gasteiger partial charge in [0.05, 0.1) is 23.6 Å². The van der Waals surface area contributed by atoms with E-state index in [1.807, 2.05) is 37.3 Å². The standard InChI is InChI=1S/C32H40ClN3O4S/c1-20-5-3-7-29(37)26-11-8-24(26)17-36-18-32(14-4-6-22-15-25(33)10-12-27(22)32)19-40-30-13-9-23(16-28(30)36)31(38)35-41(34,39)21(20)2/h3,7,9-10,12-13,15-16,20-21,24,26,29,37H,4-6,8,11,14,17-19H2,1-2H3,(H2,34,35,38,39)/b7-3+/t20-,21+,24-,26+,29-,32-,41?/m0/s1. The number of nitrogens with two attached hydrogens (primary N) is 1. The Morgan fingerprint density at radius 2 is 2.02 bits per heavy atom. The Hall–Kier alpha value is -2.39. The average molecular weight is 598 g/mol. The molecule has 4 aliphatic rings. The van der Waals surface area contributed by atoms with Gasteiger partial charge in [-0.3, -0.25) is 4.79 Å². The molecule has 0 radical (unpaired) electrons. The van der Waals surface area contributed by atoms with Crippen molar-refractivity contribution in [2.45, 2.75) is 69.1 Å². The molecule has 2 heterocycles. The summed E-state index contributed by atoms with van der Waals surface area (Å²) in [6, 6.07) is 11.6. The molecule has 2 bridgehead atoms. The maximum Gasteiger partial charge on any atom is 0.286 e. The Kier molecular flexibility index (Phi) is 7.72. The number of aliphatic hydroxyl groups is 1.